The van der Waals surface area contributed by atoms with Crippen LogP contribution in [-0.2, 0) is 16.1 Å². The van der Waals surface area contributed by atoms with Gasteiger partial charge in [0.1, 0.15) is 5.60 Å². The van der Waals surface area contributed by atoms with E-state index in [1.807, 2.05) is 20.8 Å². The number of halogens is 1. The molecule has 7 heteroatoms. The zero-order valence-corrected chi connectivity index (χ0v) is 14.7. The van der Waals surface area contributed by atoms with Gasteiger partial charge >= 0.3 is 6.09 Å². The molecule has 2 rings (SSSR count). The molecular weight excluding hydrogens is 318 g/mol. The van der Waals surface area contributed by atoms with Gasteiger partial charge in [-0.1, -0.05) is 0 Å². The Kier molecular flexibility index (Phi) is 6.18. The molecule has 1 amide bonds. The van der Waals surface area contributed by atoms with Gasteiger partial charge in [0.15, 0.2) is 0 Å². The SMILES string of the molecule is CC(C)(C)OC(=O)N1CCCC[C@H]1COCc1ccnc(Cl)n1. The molecule has 1 aliphatic rings. The first kappa shape index (κ1) is 17.9. The number of amides is 1. The quantitative estimate of drug-likeness (QED) is 0.785. The Morgan fingerprint density at radius 2 is 2.22 bits per heavy atom. The number of hydrogen-bond donors (Lipinski definition) is 0. The van der Waals surface area contributed by atoms with Crippen molar-refractivity contribution in [2.75, 3.05) is 13.2 Å². The Morgan fingerprint density at radius 1 is 1.43 bits per heavy atom. The van der Waals surface area contributed by atoms with Gasteiger partial charge in [-0.2, -0.15) is 0 Å². The van der Waals surface area contributed by atoms with Crippen molar-refractivity contribution in [3.63, 3.8) is 0 Å². The Balaban J connectivity index is 1.87. The van der Waals surface area contributed by atoms with E-state index in [0.717, 1.165) is 25.0 Å². The zero-order valence-electron chi connectivity index (χ0n) is 13.9. The van der Waals surface area contributed by atoms with Gasteiger partial charge in [-0.15, -0.1) is 0 Å². The second-order valence-corrected chi connectivity index (χ2v) is 6.99. The summed E-state index contributed by atoms with van der Waals surface area (Å²) in [6.07, 6.45) is 4.34. The average Bonchev–Trinajstić information content (AvgIpc) is 2.46. The van der Waals surface area contributed by atoms with Gasteiger partial charge in [0.05, 0.1) is 24.9 Å². The monoisotopic (exact) mass is 341 g/mol. The molecule has 0 saturated carbocycles. The molecule has 2 heterocycles. The summed E-state index contributed by atoms with van der Waals surface area (Å²) in [7, 11) is 0. The lowest BCUT2D eigenvalue weighted by atomic mass is 10.0. The summed E-state index contributed by atoms with van der Waals surface area (Å²) in [6.45, 7) is 7.14. The highest BCUT2D eigenvalue weighted by Gasteiger charge is 2.30. The number of carbonyl (C=O) groups excluding carboxylic acids is 1. The largest absolute Gasteiger partial charge is 0.444 e. The van der Waals surface area contributed by atoms with Crippen molar-refractivity contribution in [3.8, 4) is 0 Å². The molecule has 1 atom stereocenters. The van der Waals surface area contributed by atoms with Crippen molar-refractivity contribution in [1.82, 2.24) is 14.9 Å². The van der Waals surface area contributed by atoms with E-state index in [-0.39, 0.29) is 17.4 Å². The van der Waals surface area contributed by atoms with Crippen LogP contribution in [0.3, 0.4) is 0 Å². The molecule has 0 aromatic carbocycles. The summed E-state index contributed by atoms with van der Waals surface area (Å²) in [5, 5.41) is 0.208. The third-order valence-corrected chi connectivity index (χ3v) is 3.68. The maximum atomic E-state index is 12.3. The number of piperidine rings is 1. The Labute approximate surface area is 142 Å². The van der Waals surface area contributed by atoms with Gasteiger partial charge in [0.2, 0.25) is 5.28 Å². The van der Waals surface area contributed by atoms with Gasteiger partial charge in [-0.05, 0) is 57.7 Å². The van der Waals surface area contributed by atoms with E-state index < -0.39 is 5.60 Å². The predicted octanol–water partition coefficient (Wildman–Crippen LogP) is 3.44. The molecule has 1 aromatic heterocycles. The standard InChI is InChI=1S/C16H24ClN3O3/c1-16(2,3)23-15(21)20-9-5-4-6-13(20)11-22-10-12-7-8-18-14(17)19-12/h7-8,13H,4-6,9-11H2,1-3H3/t13-/m0/s1. The van der Waals surface area contributed by atoms with Crippen LogP contribution >= 0.6 is 11.6 Å². The zero-order chi connectivity index (χ0) is 16.9. The molecule has 1 aliphatic heterocycles. The molecule has 23 heavy (non-hydrogen) atoms. The Hall–Kier alpha value is -1.40. The van der Waals surface area contributed by atoms with Crippen LogP contribution in [0.2, 0.25) is 5.28 Å². The van der Waals surface area contributed by atoms with Gasteiger partial charge in [0.25, 0.3) is 0 Å². The first-order valence-electron chi connectivity index (χ1n) is 7.90. The molecule has 0 unspecified atom stereocenters. The van der Waals surface area contributed by atoms with Crippen molar-refractivity contribution in [2.24, 2.45) is 0 Å². The highest BCUT2D eigenvalue weighted by atomic mass is 35.5. The van der Waals surface area contributed by atoms with E-state index in [1.165, 1.54) is 0 Å². The predicted molar refractivity (Wildman–Crippen MR) is 87.3 cm³/mol. The molecule has 1 saturated heterocycles. The summed E-state index contributed by atoms with van der Waals surface area (Å²) < 4.78 is 11.2. The van der Waals surface area contributed by atoms with E-state index in [1.54, 1.807) is 17.2 Å². The highest BCUT2D eigenvalue weighted by Crippen LogP contribution is 2.21. The van der Waals surface area contributed by atoms with Gasteiger partial charge < -0.3 is 14.4 Å². The van der Waals surface area contributed by atoms with Gasteiger partial charge in [-0.3, -0.25) is 0 Å². The van der Waals surface area contributed by atoms with Crippen LogP contribution in [0.1, 0.15) is 45.7 Å². The molecule has 0 spiro atoms. The minimum Gasteiger partial charge on any atom is -0.444 e. The third-order valence-electron chi connectivity index (χ3n) is 3.50. The number of hydrogen-bond acceptors (Lipinski definition) is 5. The average molecular weight is 342 g/mol. The molecule has 0 aliphatic carbocycles. The van der Waals surface area contributed by atoms with Crippen LogP contribution in [0.15, 0.2) is 12.3 Å². The number of aromatic nitrogens is 2. The maximum absolute atomic E-state index is 12.3. The van der Waals surface area contributed by atoms with Crippen molar-refractivity contribution in [1.29, 1.82) is 0 Å². The summed E-state index contributed by atoms with van der Waals surface area (Å²) in [6, 6.07) is 1.80. The van der Waals surface area contributed by atoms with Crippen LogP contribution in [0.5, 0.6) is 0 Å². The molecule has 6 nitrogen and oxygen atoms in total. The lowest BCUT2D eigenvalue weighted by Gasteiger charge is -2.36. The maximum Gasteiger partial charge on any atom is 0.410 e. The highest BCUT2D eigenvalue weighted by molar-refractivity contribution is 6.28. The first-order chi connectivity index (χ1) is 10.8. The van der Waals surface area contributed by atoms with Crippen molar-refractivity contribution in [3.05, 3.63) is 23.2 Å². The number of rotatable bonds is 4. The number of carbonyl (C=O) groups is 1. The minimum atomic E-state index is -0.488. The normalized spacial score (nSPS) is 18.8. The smallest absolute Gasteiger partial charge is 0.410 e. The molecular formula is C16H24ClN3O3. The van der Waals surface area contributed by atoms with Gasteiger partial charge in [-0.25, -0.2) is 14.8 Å². The lowest BCUT2D eigenvalue weighted by Crippen LogP contribution is -2.48. The van der Waals surface area contributed by atoms with Crippen LogP contribution in [0.4, 0.5) is 4.79 Å². The number of likely N-dealkylation sites (tertiary alicyclic amines) is 1. The molecule has 1 fully saturated rings. The van der Waals surface area contributed by atoms with Crippen molar-refractivity contribution >= 4 is 17.7 Å². The first-order valence-corrected chi connectivity index (χ1v) is 8.28. The Bertz CT molecular complexity index is 534. The fraction of sp³-hybridized carbons (Fsp3) is 0.688. The van der Waals surface area contributed by atoms with Crippen molar-refractivity contribution < 1.29 is 14.3 Å². The molecule has 1 aromatic rings. The Morgan fingerprint density at radius 3 is 2.91 bits per heavy atom. The van der Waals surface area contributed by atoms with Crippen LogP contribution < -0.4 is 0 Å². The van der Waals surface area contributed by atoms with E-state index >= 15 is 0 Å². The van der Waals surface area contributed by atoms with E-state index in [9.17, 15) is 4.79 Å². The second-order valence-electron chi connectivity index (χ2n) is 6.66. The number of ether oxygens (including phenoxy) is 2. The molecule has 0 bridgehead atoms. The molecule has 0 N–H and O–H groups in total. The minimum absolute atomic E-state index is 0.0379. The van der Waals surface area contributed by atoms with Crippen molar-refractivity contribution in [2.45, 2.75) is 58.3 Å². The van der Waals surface area contributed by atoms with Crippen LogP contribution in [-0.4, -0.2) is 45.8 Å². The van der Waals surface area contributed by atoms with Gasteiger partial charge in [0, 0.05) is 12.7 Å². The van der Waals surface area contributed by atoms with E-state index in [0.29, 0.717) is 19.8 Å². The molecule has 0 radical (unpaired) electrons. The van der Waals surface area contributed by atoms with E-state index in [4.69, 9.17) is 21.1 Å². The second kappa shape index (κ2) is 7.93. The fourth-order valence-corrected chi connectivity index (χ4v) is 2.65. The third kappa shape index (κ3) is 5.95. The summed E-state index contributed by atoms with van der Waals surface area (Å²) in [4.78, 5) is 22.0. The lowest BCUT2D eigenvalue weighted by molar-refractivity contribution is -0.0103. The molecule has 128 valence electrons. The summed E-state index contributed by atoms with van der Waals surface area (Å²) >= 11 is 5.75. The summed E-state index contributed by atoms with van der Waals surface area (Å²) in [5.41, 5.74) is 0.238. The summed E-state index contributed by atoms with van der Waals surface area (Å²) in [5.74, 6) is 0. The van der Waals surface area contributed by atoms with Crippen LogP contribution in [0.25, 0.3) is 0 Å². The van der Waals surface area contributed by atoms with Crippen LogP contribution in [0, 0.1) is 0 Å². The number of nitrogens with zero attached hydrogens (tertiary/aromatic N) is 3. The van der Waals surface area contributed by atoms with E-state index in [2.05, 4.69) is 9.97 Å². The fourth-order valence-electron chi connectivity index (χ4n) is 2.48. The topological polar surface area (TPSA) is 64.5 Å².